The molecule has 0 bridgehead atoms. The van der Waals surface area contributed by atoms with Gasteiger partial charge >= 0.3 is 0 Å². The summed E-state index contributed by atoms with van der Waals surface area (Å²) in [4.78, 5) is 1.64. The van der Waals surface area contributed by atoms with Crippen molar-refractivity contribution in [3.05, 3.63) is 53.6 Å². The molecule has 21 heavy (non-hydrogen) atoms. The summed E-state index contributed by atoms with van der Waals surface area (Å²) in [5, 5.41) is 1.03. The molecule has 8 heteroatoms. The first-order chi connectivity index (χ1) is 10.0. The molecule has 1 unspecified atom stereocenters. The average Bonchev–Trinajstić information content (AvgIpc) is 2.82. The molecule has 1 heterocycles. The Morgan fingerprint density at radius 1 is 1.14 bits per heavy atom. The van der Waals surface area contributed by atoms with Gasteiger partial charge in [-0.15, -0.1) is 0 Å². The second kappa shape index (κ2) is 6.19. The van der Waals surface area contributed by atoms with Crippen molar-refractivity contribution in [1.82, 2.24) is 4.98 Å². The van der Waals surface area contributed by atoms with Gasteiger partial charge in [0.1, 0.15) is 11.3 Å². The van der Waals surface area contributed by atoms with E-state index in [1.165, 1.54) is 0 Å². The molecule has 3 nitrogen and oxygen atoms in total. The summed E-state index contributed by atoms with van der Waals surface area (Å²) in [5.41, 5.74) is 1.45. The van der Waals surface area contributed by atoms with E-state index in [0.29, 0.717) is 21.6 Å². The number of aromatic nitrogens is 1. The van der Waals surface area contributed by atoms with Crippen molar-refractivity contribution >= 4 is 61.9 Å². The number of para-hydroxylation sites is 2. The number of benzene rings is 2. The minimum atomic E-state index is -2.68. The summed E-state index contributed by atoms with van der Waals surface area (Å²) >= 11 is 18.6. The van der Waals surface area contributed by atoms with E-state index in [-0.39, 0.29) is 0 Å². The van der Waals surface area contributed by atoms with Crippen LogP contribution in [0.4, 0.5) is 0 Å². The van der Waals surface area contributed by atoms with Crippen LogP contribution in [0.5, 0.6) is 5.75 Å². The highest BCUT2D eigenvalue weighted by atomic mass is 35.7. The fraction of sp³-hybridized carbons (Fsp3) is 0. The summed E-state index contributed by atoms with van der Waals surface area (Å²) in [6.07, 6.45) is 0. The van der Waals surface area contributed by atoms with Crippen LogP contribution in [0.3, 0.4) is 0 Å². The number of fused-ring (bicyclic) bond motifs is 1. The SMILES string of the molecule is S=P(Cl)(Oc1ccc(Cl)cc1)Sc1nc2ccccc2o1. The average molecular weight is 376 g/mol. The quantitative estimate of drug-likeness (QED) is 0.513. The van der Waals surface area contributed by atoms with Gasteiger partial charge in [-0.3, -0.25) is 0 Å². The van der Waals surface area contributed by atoms with E-state index < -0.39 is 4.82 Å². The van der Waals surface area contributed by atoms with Crippen LogP contribution in [-0.4, -0.2) is 4.98 Å². The van der Waals surface area contributed by atoms with Gasteiger partial charge in [-0.25, -0.2) is 4.98 Å². The Hall–Kier alpha value is -0.710. The number of oxazole rings is 1. The monoisotopic (exact) mass is 375 g/mol. The maximum Gasteiger partial charge on any atom is 0.266 e. The molecule has 0 saturated heterocycles. The lowest BCUT2D eigenvalue weighted by Gasteiger charge is -2.13. The fourth-order valence-corrected chi connectivity index (χ4v) is 5.38. The number of hydrogen-bond acceptors (Lipinski definition) is 5. The molecule has 0 fully saturated rings. The first-order valence-electron chi connectivity index (χ1n) is 5.82. The Morgan fingerprint density at radius 3 is 2.57 bits per heavy atom. The highest BCUT2D eigenvalue weighted by Crippen LogP contribution is 2.66. The van der Waals surface area contributed by atoms with Gasteiger partial charge in [-0.05, 0) is 59.4 Å². The maximum absolute atomic E-state index is 6.31. The summed E-state index contributed by atoms with van der Waals surface area (Å²) in [6.45, 7) is 0. The molecule has 0 amide bonds. The second-order valence-corrected chi connectivity index (χ2v) is 13.0. The molecule has 0 radical (unpaired) electrons. The second-order valence-electron chi connectivity index (χ2n) is 4.01. The van der Waals surface area contributed by atoms with E-state index in [4.69, 9.17) is 43.6 Å². The van der Waals surface area contributed by atoms with Crippen molar-refractivity contribution in [2.24, 2.45) is 0 Å². The standard InChI is InChI=1S/C13H8Cl2NO2PS2/c14-9-5-7-10(8-6-9)18-19(15,20)21-13-16-11-3-1-2-4-12(11)17-13/h1-8H. The van der Waals surface area contributed by atoms with Gasteiger partial charge < -0.3 is 8.94 Å². The zero-order chi connectivity index (χ0) is 14.9. The minimum absolute atomic E-state index is 0.406. The topological polar surface area (TPSA) is 35.3 Å². The third kappa shape index (κ3) is 3.93. The van der Waals surface area contributed by atoms with Crippen molar-refractivity contribution < 1.29 is 8.94 Å². The van der Waals surface area contributed by atoms with Crippen LogP contribution in [0, 0.1) is 0 Å². The Morgan fingerprint density at radius 2 is 1.86 bits per heavy atom. The molecule has 108 valence electrons. The predicted molar refractivity (Wildman–Crippen MR) is 92.1 cm³/mol. The lowest BCUT2D eigenvalue weighted by Crippen LogP contribution is -1.83. The third-order valence-electron chi connectivity index (χ3n) is 2.49. The van der Waals surface area contributed by atoms with E-state index in [1.807, 2.05) is 24.3 Å². The normalized spacial score (nSPS) is 14.0. The Bertz CT molecular complexity index is 789. The van der Waals surface area contributed by atoms with Crippen LogP contribution < -0.4 is 4.52 Å². The molecule has 3 rings (SSSR count). The predicted octanol–water partition coefficient (Wildman–Crippen LogP) is 6.12. The first kappa shape index (κ1) is 15.2. The van der Waals surface area contributed by atoms with E-state index >= 15 is 0 Å². The molecule has 0 saturated carbocycles. The van der Waals surface area contributed by atoms with E-state index in [0.717, 1.165) is 16.9 Å². The zero-order valence-electron chi connectivity index (χ0n) is 10.4. The lowest BCUT2D eigenvalue weighted by molar-refractivity contribution is 0.491. The number of rotatable bonds is 4. The maximum atomic E-state index is 6.31. The Labute approximate surface area is 140 Å². The van der Waals surface area contributed by atoms with Gasteiger partial charge in [-0.1, -0.05) is 23.7 Å². The van der Waals surface area contributed by atoms with Crippen molar-refractivity contribution in [1.29, 1.82) is 0 Å². The number of nitrogens with zero attached hydrogens (tertiary/aromatic N) is 1. The summed E-state index contributed by atoms with van der Waals surface area (Å²) in [7, 11) is 0. The van der Waals surface area contributed by atoms with Crippen molar-refractivity contribution in [2.75, 3.05) is 0 Å². The molecule has 1 aromatic heterocycles. The molecule has 0 spiro atoms. The number of halogens is 2. The van der Waals surface area contributed by atoms with Gasteiger partial charge in [-0.2, -0.15) is 0 Å². The van der Waals surface area contributed by atoms with Gasteiger partial charge in [0.2, 0.25) is 0 Å². The Kier molecular flexibility index (Phi) is 4.48. The van der Waals surface area contributed by atoms with Crippen LogP contribution in [0.25, 0.3) is 11.1 Å². The lowest BCUT2D eigenvalue weighted by atomic mass is 10.3. The van der Waals surface area contributed by atoms with Crippen LogP contribution in [-0.2, 0) is 11.8 Å². The van der Waals surface area contributed by atoms with Gasteiger partial charge in [0.25, 0.3) is 10.0 Å². The van der Waals surface area contributed by atoms with E-state index in [9.17, 15) is 0 Å². The van der Waals surface area contributed by atoms with Crippen LogP contribution >= 0.6 is 39.0 Å². The fourth-order valence-electron chi connectivity index (χ4n) is 1.62. The van der Waals surface area contributed by atoms with Gasteiger partial charge in [0.05, 0.1) is 0 Å². The molecule has 0 aliphatic heterocycles. The van der Waals surface area contributed by atoms with Crippen molar-refractivity contribution in [3.63, 3.8) is 0 Å². The highest BCUT2D eigenvalue weighted by Gasteiger charge is 2.22. The molecule has 0 aliphatic carbocycles. The minimum Gasteiger partial charge on any atom is -0.444 e. The molecule has 2 aromatic carbocycles. The third-order valence-corrected chi connectivity index (χ3v) is 6.79. The van der Waals surface area contributed by atoms with E-state index in [1.54, 1.807) is 24.3 Å². The first-order valence-corrected chi connectivity index (χ1v) is 11.2. The van der Waals surface area contributed by atoms with Gasteiger partial charge in [0, 0.05) is 16.4 Å². The van der Waals surface area contributed by atoms with Crippen LogP contribution in [0.2, 0.25) is 5.02 Å². The van der Waals surface area contributed by atoms with Crippen molar-refractivity contribution in [3.8, 4) is 5.75 Å². The molecule has 0 aliphatic rings. The molecule has 3 aromatic rings. The molecular formula is C13H8Cl2NO2PS2. The smallest absolute Gasteiger partial charge is 0.266 e. The summed E-state index contributed by atoms with van der Waals surface area (Å²) in [5.74, 6) is 0.571. The zero-order valence-corrected chi connectivity index (χ0v) is 14.4. The summed E-state index contributed by atoms with van der Waals surface area (Å²) in [6, 6.07) is 14.3. The van der Waals surface area contributed by atoms with E-state index in [2.05, 4.69) is 4.98 Å². The highest BCUT2D eigenvalue weighted by molar-refractivity contribution is 8.76. The largest absolute Gasteiger partial charge is 0.444 e. The van der Waals surface area contributed by atoms with Gasteiger partial charge in [0.15, 0.2) is 5.58 Å². The van der Waals surface area contributed by atoms with Crippen molar-refractivity contribution in [2.45, 2.75) is 5.22 Å². The Balaban J connectivity index is 1.78. The molecule has 0 N–H and O–H groups in total. The van der Waals surface area contributed by atoms with Crippen LogP contribution in [0.15, 0.2) is 58.2 Å². The molecule has 1 atom stereocenters. The summed E-state index contributed by atoms with van der Waals surface area (Å²) < 4.78 is 11.2. The molecular weight excluding hydrogens is 368 g/mol. The van der Waals surface area contributed by atoms with Crippen LogP contribution in [0.1, 0.15) is 0 Å². The number of hydrogen-bond donors (Lipinski definition) is 0.